The number of benzene rings is 1. The van der Waals surface area contributed by atoms with Crippen LogP contribution in [0.3, 0.4) is 0 Å². The van der Waals surface area contributed by atoms with E-state index in [-0.39, 0.29) is 6.04 Å². The van der Waals surface area contributed by atoms with Crippen LogP contribution < -0.4 is 5.32 Å². The minimum atomic E-state index is -0.837. The minimum absolute atomic E-state index is 0.0987. The van der Waals surface area contributed by atoms with Crippen LogP contribution in [0.4, 0.5) is 0 Å². The third-order valence-electron chi connectivity index (χ3n) is 3.26. The first-order chi connectivity index (χ1) is 9.66. The van der Waals surface area contributed by atoms with Gasteiger partial charge in [-0.25, -0.2) is 0 Å². The molecule has 0 radical (unpaired) electrons. The average Bonchev–Trinajstić information content (AvgIpc) is 2.45. The smallest absolute Gasteiger partial charge is 0.0439 e. The Kier molecular flexibility index (Phi) is 5.44. The molecule has 0 aliphatic rings. The lowest BCUT2D eigenvalue weighted by molar-refractivity contribution is 0.572. The Morgan fingerprint density at radius 3 is 2.60 bits per heavy atom. The fraction of sp³-hybridized carbons (Fsp3) is 0.312. The van der Waals surface area contributed by atoms with E-state index in [1.54, 1.807) is 12.5 Å². The summed E-state index contributed by atoms with van der Waals surface area (Å²) in [5.74, 6) is 0.614. The maximum absolute atomic E-state index is 11.6. The summed E-state index contributed by atoms with van der Waals surface area (Å²) >= 11 is 0. The van der Waals surface area contributed by atoms with Gasteiger partial charge in [-0.05, 0) is 24.1 Å². The number of hydrogen-bond donors (Lipinski definition) is 1. The molecule has 106 valence electrons. The first-order valence-electron chi connectivity index (χ1n) is 6.65. The van der Waals surface area contributed by atoms with Gasteiger partial charge in [0, 0.05) is 47.3 Å². The molecule has 2 unspecified atom stereocenters. The van der Waals surface area contributed by atoms with E-state index >= 15 is 0 Å². The maximum atomic E-state index is 11.6. The van der Waals surface area contributed by atoms with Gasteiger partial charge >= 0.3 is 0 Å². The van der Waals surface area contributed by atoms with Crippen molar-refractivity contribution in [3.63, 3.8) is 0 Å². The topological polar surface area (TPSA) is 42.0 Å². The van der Waals surface area contributed by atoms with Crippen LogP contribution in [0.2, 0.25) is 0 Å². The van der Waals surface area contributed by atoms with Gasteiger partial charge in [-0.3, -0.25) is 9.19 Å². The zero-order valence-electron chi connectivity index (χ0n) is 11.9. The van der Waals surface area contributed by atoms with E-state index in [0.717, 1.165) is 12.2 Å². The molecule has 2 rings (SSSR count). The summed E-state index contributed by atoms with van der Waals surface area (Å²) in [6, 6.07) is 14.3. The van der Waals surface area contributed by atoms with Crippen molar-refractivity contribution in [1.29, 1.82) is 0 Å². The monoisotopic (exact) mass is 288 g/mol. The molecule has 0 spiro atoms. The van der Waals surface area contributed by atoms with E-state index < -0.39 is 10.8 Å². The van der Waals surface area contributed by atoms with E-state index in [9.17, 15) is 4.21 Å². The lowest BCUT2D eigenvalue weighted by Gasteiger charge is -2.18. The average molecular weight is 288 g/mol. The molecule has 1 aromatic heterocycles. The quantitative estimate of drug-likeness (QED) is 0.888. The summed E-state index contributed by atoms with van der Waals surface area (Å²) in [5.41, 5.74) is 3.38. The lowest BCUT2D eigenvalue weighted by atomic mass is 10.1. The number of aryl methyl sites for hydroxylation is 1. The molecule has 2 aromatic rings. The van der Waals surface area contributed by atoms with Crippen molar-refractivity contribution in [2.24, 2.45) is 0 Å². The SMILES string of the molecule is Cc1ncccc1CNC(CS(C)=O)c1ccccc1. The zero-order chi connectivity index (χ0) is 14.4. The second-order valence-corrected chi connectivity index (χ2v) is 6.31. The highest BCUT2D eigenvalue weighted by molar-refractivity contribution is 7.84. The van der Waals surface area contributed by atoms with E-state index in [0.29, 0.717) is 5.75 Å². The van der Waals surface area contributed by atoms with Gasteiger partial charge < -0.3 is 5.32 Å². The van der Waals surface area contributed by atoms with Crippen molar-refractivity contribution < 1.29 is 4.21 Å². The van der Waals surface area contributed by atoms with Gasteiger partial charge in [-0.1, -0.05) is 36.4 Å². The molecule has 0 bridgehead atoms. The van der Waals surface area contributed by atoms with E-state index in [2.05, 4.69) is 28.5 Å². The van der Waals surface area contributed by atoms with Crippen molar-refractivity contribution in [2.45, 2.75) is 19.5 Å². The van der Waals surface area contributed by atoms with E-state index in [1.165, 1.54) is 11.1 Å². The third-order valence-corrected chi connectivity index (χ3v) is 4.06. The van der Waals surface area contributed by atoms with Gasteiger partial charge in [0.25, 0.3) is 0 Å². The second-order valence-electron chi connectivity index (χ2n) is 4.83. The fourth-order valence-electron chi connectivity index (χ4n) is 2.13. The van der Waals surface area contributed by atoms with Crippen LogP contribution in [0, 0.1) is 6.92 Å². The van der Waals surface area contributed by atoms with Crippen LogP contribution in [0.25, 0.3) is 0 Å². The molecule has 1 aromatic carbocycles. The fourth-order valence-corrected chi connectivity index (χ4v) is 2.91. The molecule has 3 nitrogen and oxygen atoms in total. The number of nitrogens with zero attached hydrogens (tertiary/aromatic N) is 1. The molecule has 0 amide bonds. The highest BCUT2D eigenvalue weighted by Crippen LogP contribution is 2.15. The van der Waals surface area contributed by atoms with Gasteiger partial charge in [0.1, 0.15) is 0 Å². The van der Waals surface area contributed by atoms with Crippen LogP contribution in [-0.4, -0.2) is 21.2 Å². The van der Waals surface area contributed by atoms with Crippen LogP contribution >= 0.6 is 0 Å². The van der Waals surface area contributed by atoms with Crippen molar-refractivity contribution in [3.8, 4) is 0 Å². The van der Waals surface area contributed by atoms with Crippen molar-refractivity contribution >= 4 is 10.8 Å². The first-order valence-corrected chi connectivity index (χ1v) is 8.38. The van der Waals surface area contributed by atoms with Gasteiger partial charge in [0.05, 0.1) is 0 Å². The standard InChI is InChI=1S/C16H20N2OS/c1-13-15(9-6-10-17-13)11-18-16(12-20(2)19)14-7-4-3-5-8-14/h3-10,16,18H,11-12H2,1-2H3. The summed E-state index contributed by atoms with van der Waals surface area (Å²) in [7, 11) is -0.837. The Balaban J connectivity index is 2.09. The van der Waals surface area contributed by atoms with Crippen molar-refractivity contribution in [2.75, 3.05) is 12.0 Å². The van der Waals surface area contributed by atoms with Gasteiger partial charge in [0.2, 0.25) is 0 Å². The number of rotatable bonds is 6. The molecular weight excluding hydrogens is 268 g/mol. The number of hydrogen-bond acceptors (Lipinski definition) is 3. The zero-order valence-corrected chi connectivity index (χ0v) is 12.7. The first kappa shape index (κ1) is 14.9. The molecule has 4 heteroatoms. The number of aromatic nitrogens is 1. The Labute approximate surface area is 122 Å². The minimum Gasteiger partial charge on any atom is -0.305 e. The summed E-state index contributed by atoms with van der Waals surface area (Å²) in [6.07, 6.45) is 3.54. The molecule has 20 heavy (non-hydrogen) atoms. The highest BCUT2D eigenvalue weighted by Gasteiger charge is 2.13. The molecule has 0 aliphatic heterocycles. The second kappa shape index (κ2) is 7.31. The Morgan fingerprint density at radius 1 is 1.20 bits per heavy atom. The highest BCUT2D eigenvalue weighted by atomic mass is 32.2. The molecule has 1 heterocycles. The Bertz CT molecular complexity index is 572. The van der Waals surface area contributed by atoms with E-state index in [4.69, 9.17) is 0 Å². The molecule has 0 saturated carbocycles. The van der Waals surface area contributed by atoms with Crippen LogP contribution in [0.5, 0.6) is 0 Å². The summed E-state index contributed by atoms with van der Waals surface area (Å²) < 4.78 is 11.6. The van der Waals surface area contributed by atoms with Crippen LogP contribution in [0.1, 0.15) is 22.9 Å². The summed E-state index contributed by atoms with van der Waals surface area (Å²) in [5, 5.41) is 3.49. The normalized spacial score (nSPS) is 13.9. The summed E-state index contributed by atoms with van der Waals surface area (Å²) in [4.78, 5) is 4.29. The van der Waals surface area contributed by atoms with Gasteiger partial charge in [-0.2, -0.15) is 0 Å². The number of pyridine rings is 1. The summed E-state index contributed by atoms with van der Waals surface area (Å²) in [6.45, 7) is 2.74. The van der Waals surface area contributed by atoms with Crippen LogP contribution in [0.15, 0.2) is 48.7 Å². The Morgan fingerprint density at radius 2 is 1.95 bits per heavy atom. The van der Waals surface area contributed by atoms with Gasteiger partial charge in [0.15, 0.2) is 0 Å². The largest absolute Gasteiger partial charge is 0.305 e. The molecular formula is C16H20N2OS. The molecule has 0 saturated heterocycles. The number of nitrogens with one attached hydrogen (secondary N) is 1. The predicted octanol–water partition coefficient (Wildman–Crippen LogP) is 2.60. The lowest BCUT2D eigenvalue weighted by Crippen LogP contribution is -2.26. The third kappa shape index (κ3) is 4.25. The molecule has 0 fully saturated rings. The predicted molar refractivity (Wildman–Crippen MR) is 83.9 cm³/mol. The van der Waals surface area contributed by atoms with Crippen LogP contribution in [-0.2, 0) is 17.3 Å². The van der Waals surface area contributed by atoms with Crippen molar-refractivity contribution in [1.82, 2.24) is 10.3 Å². The van der Waals surface area contributed by atoms with Crippen molar-refractivity contribution in [3.05, 3.63) is 65.5 Å². The molecule has 1 N–H and O–H groups in total. The molecule has 0 aliphatic carbocycles. The molecule has 2 atom stereocenters. The van der Waals surface area contributed by atoms with Gasteiger partial charge in [-0.15, -0.1) is 0 Å². The van der Waals surface area contributed by atoms with E-state index in [1.807, 2.05) is 31.2 Å². The Hall–Kier alpha value is -1.52. The maximum Gasteiger partial charge on any atom is 0.0439 e.